The van der Waals surface area contributed by atoms with Gasteiger partial charge in [0.25, 0.3) is 0 Å². The molecule has 1 aromatic carbocycles. The minimum absolute atomic E-state index is 0.370. The van der Waals surface area contributed by atoms with Crippen LogP contribution < -0.4 is 16.4 Å². The lowest BCUT2D eigenvalue weighted by Crippen LogP contribution is -2.37. The molecule has 0 amide bonds. The molecule has 146 valence electrons. The van der Waals surface area contributed by atoms with Crippen molar-refractivity contribution in [3.05, 3.63) is 42.0 Å². The second-order valence-electron chi connectivity index (χ2n) is 7.45. The molecule has 7 nitrogen and oxygen atoms in total. The standard InChI is InChI=1S/C21H27N7/c1-23-13-14-4-3-5-15(12-14)18-7-6-17-19(22)26-21(27-20(17)25-18)24-16-8-10-28(2)11-9-16/h3-7,12,16,23H,8-11,13H2,1-2H3,(H3,22,24,25,26,27). The Morgan fingerprint density at radius 3 is 2.71 bits per heavy atom. The van der Waals surface area contributed by atoms with E-state index in [1.54, 1.807) is 0 Å². The highest BCUT2D eigenvalue weighted by Crippen LogP contribution is 2.25. The SMILES string of the molecule is CNCc1cccc(-c2ccc3c(N)nc(NC4CCN(C)CC4)nc3n2)c1. The van der Waals surface area contributed by atoms with E-state index in [0.717, 1.165) is 49.1 Å². The largest absolute Gasteiger partial charge is 0.383 e. The van der Waals surface area contributed by atoms with Crippen LogP contribution in [0.25, 0.3) is 22.3 Å². The maximum absolute atomic E-state index is 6.19. The Bertz CT molecular complexity index is 964. The second kappa shape index (κ2) is 8.08. The molecule has 3 heterocycles. The third kappa shape index (κ3) is 4.05. The van der Waals surface area contributed by atoms with Crippen LogP contribution in [0.5, 0.6) is 0 Å². The van der Waals surface area contributed by atoms with E-state index in [4.69, 9.17) is 10.7 Å². The Labute approximate surface area is 165 Å². The van der Waals surface area contributed by atoms with Gasteiger partial charge in [-0.1, -0.05) is 18.2 Å². The molecule has 1 aliphatic rings. The van der Waals surface area contributed by atoms with E-state index in [0.29, 0.717) is 23.5 Å². The maximum atomic E-state index is 6.19. The van der Waals surface area contributed by atoms with Crippen LogP contribution in [0.4, 0.5) is 11.8 Å². The van der Waals surface area contributed by atoms with Gasteiger partial charge in [-0.2, -0.15) is 9.97 Å². The number of fused-ring (bicyclic) bond motifs is 1. The number of nitrogens with one attached hydrogen (secondary N) is 2. The predicted octanol–water partition coefficient (Wildman–Crippen LogP) is 2.50. The van der Waals surface area contributed by atoms with Crippen LogP contribution in [0.3, 0.4) is 0 Å². The minimum atomic E-state index is 0.370. The van der Waals surface area contributed by atoms with Crippen molar-refractivity contribution in [2.24, 2.45) is 0 Å². The van der Waals surface area contributed by atoms with Crippen LogP contribution in [-0.4, -0.2) is 53.1 Å². The van der Waals surface area contributed by atoms with E-state index < -0.39 is 0 Å². The van der Waals surface area contributed by atoms with Gasteiger partial charge in [0, 0.05) is 18.2 Å². The Kier molecular flexibility index (Phi) is 5.36. The summed E-state index contributed by atoms with van der Waals surface area (Å²) in [5, 5.41) is 7.40. The number of likely N-dealkylation sites (tertiary alicyclic amines) is 1. The molecule has 4 rings (SSSR count). The van der Waals surface area contributed by atoms with Gasteiger partial charge in [-0.05, 0) is 63.8 Å². The number of pyridine rings is 1. The summed E-state index contributed by atoms with van der Waals surface area (Å²) in [4.78, 5) is 16.2. The van der Waals surface area contributed by atoms with Crippen LogP contribution >= 0.6 is 0 Å². The van der Waals surface area contributed by atoms with Gasteiger partial charge in [0.15, 0.2) is 5.65 Å². The Hall–Kier alpha value is -2.77. The number of piperidine rings is 1. The summed E-state index contributed by atoms with van der Waals surface area (Å²) in [6, 6.07) is 12.7. The first-order valence-corrected chi connectivity index (χ1v) is 9.75. The average Bonchev–Trinajstić information content (AvgIpc) is 2.70. The van der Waals surface area contributed by atoms with Crippen LogP contribution in [0.1, 0.15) is 18.4 Å². The number of nitrogens with zero attached hydrogens (tertiary/aromatic N) is 4. The average molecular weight is 377 g/mol. The van der Waals surface area contributed by atoms with Gasteiger partial charge in [0.05, 0.1) is 11.1 Å². The third-order valence-electron chi connectivity index (χ3n) is 5.24. The number of hydrogen-bond donors (Lipinski definition) is 3. The number of anilines is 2. The van der Waals surface area contributed by atoms with E-state index >= 15 is 0 Å². The summed E-state index contributed by atoms with van der Waals surface area (Å²) in [6.45, 7) is 2.97. The summed E-state index contributed by atoms with van der Waals surface area (Å²) in [5.41, 5.74) is 9.98. The minimum Gasteiger partial charge on any atom is -0.383 e. The molecule has 7 heteroatoms. The van der Waals surface area contributed by atoms with Crippen molar-refractivity contribution in [3.8, 4) is 11.3 Å². The van der Waals surface area contributed by atoms with Crippen molar-refractivity contribution in [3.63, 3.8) is 0 Å². The molecule has 0 radical (unpaired) electrons. The first-order chi connectivity index (χ1) is 13.6. The van der Waals surface area contributed by atoms with Crippen LogP contribution in [0.2, 0.25) is 0 Å². The molecule has 0 atom stereocenters. The van der Waals surface area contributed by atoms with Crippen LogP contribution in [-0.2, 0) is 6.54 Å². The normalized spacial score (nSPS) is 15.8. The second-order valence-corrected chi connectivity index (χ2v) is 7.45. The molecule has 0 spiro atoms. The van der Waals surface area contributed by atoms with Crippen molar-refractivity contribution >= 4 is 22.8 Å². The van der Waals surface area contributed by atoms with E-state index in [2.05, 4.69) is 56.8 Å². The first kappa shape index (κ1) is 18.6. The fraction of sp³-hybridized carbons (Fsp3) is 0.381. The summed E-state index contributed by atoms with van der Waals surface area (Å²) in [7, 11) is 4.09. The molecule has 0 saturated carbocycles. The Balaban J connectivity index is 1.63. The van der Waals surface area contributed by atoms with Gasteiger partial charge in [-0.15, -0.1) is 0 Å². The van der Waals surface area contributed by atoms with E-state index in [1.165, 1.54) is 5.56 Å². The summed E-state index contributed by atoms with van der Waals surface area (Å²) in [6.07, 6.45) is 2.15. The topological polar surface area (TPSA) is 92.0 Å². The highest BCUT2D eigenvalue weighted by Gasteiger charge is 2.18. The molecule has 1 aliphatic heterocycles. The Morgan fingerprint density at radius 1 is 1.11 bits per heavy atom. The maximum Gasteiger partial charge on any atom is 0.226 e. The van der Waals surface area contributed by atoms with Gasteiger partial charge in [-0.3, -0.25) is 0 Å². The quantitative estimate of drug-likeness (QED) is 0.629. The molecule has 3 aromatic rings. The van der Waals surface area contributed by atoms with E-state index in [1.807, 2.05) is 19.2 Å². The zero-order valence-corrected chi connectivity index (χ0v) is 16.4. The molecule has 4 N–H and O–H groups in total. The molecule has 0 aliphatic carbocycles. The van der Waals surface area contributed by atoms with Gasteiger partial charge in [0.2, 0.25) is 5.95 Å². The number of nitrogen functional groups attached to an aromatic ring is 1. The molecular weight excluding hydrogens is 350 g/mol. The Morgan fingerprint density at radius 2 is 1.93 bits per heavy atom. The lowest BCUT2D eigenvalue weighted by atomic mass is 10.1. The molecule has 0 bridgehead atoms. The molecule has 0 unspecified atom stereocenters. The van der Waals surface area contributed by atoms with Crippen molar-refractivity contribution in [1.82, 2.24) is 25.2 Å². The molecule has 28 heavy (non-hydrogen) atoms. The highest BCUT2D eigenvalue weighted by atomic mass is 15.2. The van der Waals surface area contributed by atoms with Gasteiger partial charge >= 0.3 is 0 Å². The number of benzene rings is 1. The fourth-order valence-corrected chi connectivity index (χ4v) is 3.64. The summed E-state index contributed by atoms with van der Waals surface area (Å²) >= 11 is 0. The van der Waals surface area contributed by atoms with Gasteiger partial charge in [-0.25, -0.2) is 4.98 Å². The van der Waals surface area contributed by atoms with Crippen molar-refractivity contribution < 1.29 is 0 Å². The first-order valence-electron chi connectivity index (χ1n) is 9.75. The lowest BCUT2D eigenvalue weighted by molar-refractivity contribution is 0.263. The molecule has 1 saturated heterocycles. The van der Waals surface area contributed by atoms with Crippen molar-refractivity contribution in [2.75, 3.05) is 38.2 Å². The zero-order valence-electron chi connectivity index (χ0n) is 16.4. The predicted molar refractivity (Wildman–Crippen MR) is 114 cm³/mol. The summed E-state index contributed by atoms with van der Waals surface area (Å²) < 4.78 is 0. The molecule has 2 aromatic heterocycles. The van der Waals surface area contributed by atoms with Gasteiger partial charge in [0.1, 0.15) is 5.82 Å². The van der Waals surface area contributed by atoms with Crippen molar-refractivity contribution in [2.45, 2.75) is 25.4 Å². The number of hydrogen-bond acceptors (Lipinski definition) is 7. The molecule has 1 fully saturated rings. The third-order valence-corrected chi connectivity index (χ3v) is 5.24. The highest BCUT2D eigenvalue weighted by molar-refractivity contribution is 5.88. The number of aromatic nitrogens is 3. The fourth-order valence-electron chi connectivity index (χ4n) is 3.64. The monoisotopic (exact) mass is 377 g/mol. The number of nitrogens with two attached hydrogens (primary N) is 1. The van der Waals surface area contributed by atoms with E-state index in [9.17, 15) is 0 Å². The zero-order chi connectivity index (χ0) is 19.5. The van der Waals surface area contributed by atoms with Crippen molar-refractivity contribution in [1.29, 1.82) is 0 Å². The van der Waals surface area contributed by atoms with E-state index in [-0.39, 0.29) is 0 Å². The smallest absolute Gasteiger partial charge is 0.226 e. The van der Waals surface area contributed by atoms with Gasteiger partial charge < -0.3 is 21.3 Å². The molecular formula is C21H27N7. The van der Waals surface area contributed by atoms with Crippen LogP contribution in [0.15, 0.2) is 36.4 Å². The van der Waals surface area contributed by atoms with Crippen LogP contribution in [0, 0.1) is 0 Å². The summed E-state index contributed by atoms with van der Waals surface area (Å²) in [5.74, 6) is 1.02. The number of rotatable bonds is 5. The lowest BCUT2D eigenvalue weighted by Gasteiger charge is -2.29.